The van der Waals surface area contributed by atoms with Crippen molar-refractivity contribution in [3.63, 3.8) is 0 Å². The van der Waals surface area contributed by atoms with Crippen LogP contribution >= 0.6 is 11.6 Å². The van der Waals surface area contributed by atoms with Crippen molar-refractivity contribution < 1.29 is 13.2 Å². The molecule has 23 heavy (non-hydrogen) atoms. The number of hydrogen-bond acceptors (Lipinski definition) is 3. The average Bonchev–Trinajstić information content (AvgIpc) is 2.52. The molecule has 0 saturated heterocycles. The van der Waals surface area contributed by atoms with E-state index in [0.717, 1.165) is 17.3 Å². The molecule has 1 heterocycles. The molecule has 0 N–H and O–H groups in total. The molecule has 0 aliphatic carbocycles. The molecule has 0 spiro atoms. The Balaban J connectivity index is 2.45. The van der Waals surface area contributed by atoms with Crippen LogP contribution in [0.4, 0.5) is 19.0 Å². The molecule has 0 aliphatic heterocycles. The van der Waals surface area contributed by atoms with Crippen LogP contribution in [0.2, 0.25) is 5.28 Å². The minimum absolute atomic E-state index is 0.0300. The predicted molar refractivity (Wildman–Crippen MR) is 84.4 cm³/mol. The lowest BCUT2D eigenvalue weighted by molar-refractivity contribution is 0.146. The van der Waals surface area contributed by atoms with Crippen LogP contribution in [0.3, 0.4) is 0 Å². The molecule has 0 atom stereocenters. The van der Waals surface area contributed by atoms with Crippen LogP contribution in [0.25, 0.3) is 0 Å². The Labute approximate surface area is 137 Å². The van der Waals surface area contributed by atoms with E-state index in [0.29, 0.717) is 18.7 Å². The van der Waals surface area contributed by atoms with E-state index < -0.39 is 17.8 Å². The van der Waals surface area contributed by atoms with Crippen molar-refractivity contribution in [2.75, 3.05) is 0 Å². The molecule has 2 aromatic rings. The molecule has 2 rings (SSSR count). The number of alkyl halides is 2. The van der Waals surface area contributed by atoms with Crippen LogP contribution in [-0.2, 0) is 12.8 Å². The van der Waals surface area contributed by atoms with Crippen molar-refractivity contribution in [2.45, 2.75) is 33.1 Å². The van der Waals surface area contributed by atoms with Gasteiger partial charge in [0.05, 0.1) is 11.3 Å². The van der Waals surface area contributed by atoms with Gasteiger partial charge in [0.25, 0.3) is 6.43 Å². The van der Waals surface area contributed by atoms with Gasteiger partial charge in [0.1, 0.15) is 5.82 Å². The molecule has 7 heteroatoms. The highest BCUT2D eigenvalue weighted by molar-refractivity contribution is 6.28. The first-order valence-corrected chi connectivity index (χ1v) is 7.51. The van der Waals surface area contributed by atoms with E-state index in [9.17, 15) is 13.2 Å². The smallest absolute Gasteiger partial charge is 0.236 e. The quantitative estimate of drug-likeness (QED) is 0.561. The highest BCUT2D eigenvalue weighted by Crippen LogP contribution is 2.25. The van der Waals surface area contributed by atoms with Crippen LogP contribution in [0.1, 0.15) is 42.7 Å². The third kappa shape index (κ3) is 3.88. The van der Waals surface area contributed by atoms with Gasteiger partial charge >= 0.3 is 0 Å². The molecular weight excluding hydrogens is 327 g/mol. The van der Waals surface area contributed by atoms with Crippen LogP contribution in [0.15, 0.2) is 23.2 Å². The number of aromatic nitrogens is 2. The third-order valence-electron chi connectivity index (χ3n) is 3.35. The van der Waals surface area contributed by atoms with E-state index in [2.05, 4.69) is 15.0 Å². The third-order valence-corrected chi connectivity index (χ3v) is 3.52. The minimum atomic E-state index is -2.88. The van der Waals surface area contributed by atoms with E-state index in [4.69, 9.17) is 11.6 Å². The summed E-state index contributed by atoms with van der Waals surface area (Å²) in [5.41, 5.74) is 0.886. The summed E-state index contributed by atoms with van der Waals surface area (Å²) in [6.07, 6.45) is -0.413. The fourth-order valence-corrected chi connectivity index (χ4v) is 2.40. The maximum atomic E-state index is 14.0. The van der Waals surface area contributed by atoms with Crippen molar-refractivity contribution in [1.29, 1.82) is 0 Å². The van der Waals surface area contributed by atoms with Gasteiger partial charge in [-0.3, -0.25) is 0 Å². The van der Waals surface area contributed by atoms with Crippen LogP contribution in [0, 0.1) is 5.82 Å². The number of benzene rings is 1. The molecular formula is C16H15ClF3N3. The van der Waals surface area contributed by atoms with Gasteiger partial charge in [-0.05, 0) is 24.4 Å². The average molecular weight is 342 g/mol. The molecule has 0 radical (unpaired) electrons. The molecule has 0 aliphatic rings. The predicted octanol–water partition coefficient (Wildman–Crippen LogP) is 5.08. The molecule has 0 bridgehead atoms. The summed E-state index contributed by atoms with van der Waals surface area (Å²) < 4.78 is 39.4. The summed E-state index contributed by atoms with van der Waals surface area (Å²) >= 11 is 5.87. The lowest BCUT2D eigenvalue weighted by Crippen LogP contribution is -2.00. The number of nitrogens with zero attached hydrogens (tertiary/aromatic N) is 3. The Hall–Kier alpha value is -1.95. The van der Waals surface area contributed by atoms with Crippen molar-refractivity contribution in [3.8, 4) is 0 Å². The van der Waals surface area contributed by atoms with Gasteiger partial charge < -0.3 is 0 Å². The maximum absolute atomic E-state index is 14.0. The van der Waals surface area contributed by atoms with Gasteiger partial charge in [0.15, 0.2) is 5.82 Å². The number of hydrogen-bond donors (Lipinski definition) is 0. The first-order chi connectivity index (χ1) is 11.0. The first-order valence-electron chi connectivity index (χ1n) is 7.13. The number of aryl methyl sites for hydroxylation is 1. The zero-order valence-electron chi connectivity index (χ0n) is 12.7. The molecule has 1 aromatic heterocycles. The Morgan fingerprint density at radius 1 is 1.22 bits per heavy atom. The van der Waals surface area contributed by atoms with Gasteiger partial charge in [-0.2, -0.15) is 4.98 Å². The zero-order valence-corrected chi connectivity index (χ0v) is 13.4. The van der Waals surface area contributed by atoms with Crippen molar-refractivity contribution in [3.05, 3.63) is 51.7 Å². The molecule has 0 fully saturated rings. The summed E-state index contributed by atoms with van der Waals surface area (Å²) in [6, 6.07) is 3.78. The van der Waals surface area contributed by atoms with Gasteiger partial charge in [-0.1, -0.05) is 32.0 Å². The van der Waals surface area contributed by atoms with Gasteiger partial charge in [-0.25, -0.2) is 23.1 Å². The van der Waals surface area contributed by atoms with Crippen LogP contribution < -0.4 is 0 Å². The molecule has 122 valence electrons. The minimum Gasteiger partial charge on any atom is -0.236 e. The lowest BCUT2D eigenvalue weighted by Gasteiger charge is -2.08. The second kappa shape index (κ2) is 7.55. The molecule has 3 nitrogen and oxygen atoms in total. The van der Waals surface area contributed by atoms with Crippen molar-refractivity contribution in [2.24, 2.45) is 4.99 Å². The number of aliphatic imine (C=N–C) groups is 1. The van der Waals surface area contributed by atoms with Crippen LogP contribution in [-0.4, -0.2) is 16.2 Å². The topological polar surface area (TPSA) is 38.1 Å². The number of rotatable bonds is 5. The fourth-order valence-electron chi connectivity index (χ4n) is 2.22. The zero-order chi connectivity index (χ0) is 17.0. The van der Waals surface area contributed by atoms with E-state index >= 15 is 0 Å². The van der Waals surface area contributed by atoms with Gasteiger partial charge in [0, 0.05) is 17.3 Å². The Kier molecular flexibility index (Phi) is 5.71. The van der Waals surface area contributed by atoms with E-state index in [1.807, 2.05) is 13.8 Å². The molecule has 0 saturated carbocycles. The van der Waals surface area contributed by atoms with E-state index in [-0.39, 0.29) is 10.8 Å². The normalized spacial score (nSPS) is 11.6. The largest absolute Gasteiger partial charge is 0.266 e. The Morgan fingerprint density at radius 3 is 2.57 bits per heavy atom. The molecule has 0 amide bonds. The monoisotopic (exact) mass is 341 g/mol. The summed E-state index contributed by atoms with van der Waals surface area (Å²) in [7, 11) is 0. The number of halogens is 4. The molecule has 1 aromatic carbocycles. The maximum Gasteiger partial charge on any atom is 0.266 e. The Bertz CT molecular complexity index is 733. The fraction of sp³-hybridized carbons (Fsp3) is 0.312. The summed E-state index contributed by atoms with van der Waals surface area (Å²) in [5, 5.41) is 0.0491. The standard InChI is InChI=1S/C16H15ClF3N3/c1-3-10-12(4-2)22-16(17)23-15(10)21-8-9-6-5-7-11(13(9)18)14(19)20/h5-8,14H,3-4H2,1-2H3. The lowest BCUT2D eigenvalue weighted by atomic mass is 10.1. The first kappa shape index (κ1) is 17.4. The summed E-state index contributed by atoms with van der Waals surface area (Å²) in [5.74, 6) is -0.661. The molecule has 0 unspecified atom stereocenters. The second-order valence-electron chi connectivity index (χ2n) is 4.76. The SMILES string of the molecule is CCc1nc(Cl)nc(N=Cc2cccc(C(F)F)c2F)c1CC. The highest BCUT2D eigenvalue weighted by Gasteiger charge is 2.15. The van der Waals surface area contributed by atoms with E-state index in [1.54, 1.807) is 0 Å². The van der Waals surface area contributed by atoms with Gasteiger partial charge in [0.2, 0.25) is 5.28 Å². The van der Waals surface area contributed by atoms with Crippen molar-refractivity contribution in [1.82, 2.24) is 9.97 Å². The summed E-state index contributed by atoms with van der Waals surface area (Å²) in [4.78, 5) is 12.3. The van der Waals surface area contributed by atoms with Crippen LogP contribution in [0.5, 0.6) is 0 Å². The second-order valence-corrected chi connectivity index (χ2v) is 5.10. The van der Waals surface area contributed by atoms with Gasteiger partial charge in [-0.15, -0.1) is 0 Å². The highest BCUT2D eigenvalue weighted by atomic mass is 35.5. The van der Waals surface area contributed by atoms with Crippen molar-refractivity contribution >= 4 is 23.6 Å². The Morgan fingerprint density at radius 2 is 1.96 bits per heavy atom. The van der Waals surface area contributed by atoms with E-state index in [1.165, 1.54) is 18.3 Å². The summed E-state index contributed by atoms with van der Waals surface area (Å²) in [6.45, 7) is 3.85.